The maximum Gasteiger partial charge on any atom is 0.313 e. The smallest absolute Gasteiger partial charge is 0.313 e. The van der Waals surface area contributed by atoms with Gasteiger partial charge in [0.25, 0.3) is 0 Å². The summed E-state index contributed by atoms with van der Waals surface area (Å²) in [5.41, 5.74) is 1.49. The van der Waals surface area contributed by atoms with Crippen LogP contribution in [-0.2, 0) is 15.0 Å². The van der Waals surface area contributed by atoms with Crippen molar-refractivity contribution in [2.45, 2.75) is 51.0 Å². The second kappa shape index (κ2) is 8.23. The summed E-state index contributed by atoms with van der Waals surface area (Å²) in [6.07, 6.45) is 3.68. The number of amides is 2. The molecule has 2 aromatic rings. The molecular weight excluding hydrogens is 360 g/mol. The van der Waals surface area contributed by atoms with Crippen LogP contribution in [0.1, 0.15) is 54.0 Å². The SMILES string of the molecule is Cc1cccc(NC(=O)C(=O)NCC2(c3ccc([C@H](C)O)s3)CCCC2)c1. The number of thiophene rings is 1. The predicted octanol–water partition coefficient (Wildman–Crippen LogP) is 3.68. The average Bonchev–Trinajstić information content (AvgIpc) is 3.30. The number of anilines is 1. The molecule has 0 saturated heterocycles. The predicted molar refractivity (Wildman–Crippen MR) is 108 cm³/mol. The molecule has 5 nitrogen and oxygen atoms in total. The molecule has 1 aromatic heterocycles. The third-order valence-corrected chi connectivity index (χ3v) is 6.69. The number of carbonyl (C=O) groups excluding carboxylic acids is 2. The lowest BCUT2D eigenvalue weighted by Gasteiger charge is -2.28. The number of aryl methyl sites for hydroxylation is 1. The summed E-state index contributed by atoms with van der Waals surface area (Å²) in [4.78, 5) is 26.6. The summed E-state index contributed by atoms with van der Waals surface area (Å²) in [5.74, 6) is -1.26. The zero-order chi connectivity index (χ0) is 19.4. The van der Waals surface area contributed by atoms with Crippen molar-refractivity contribution in [3.63, 3.8) is 0 Å². The van der Waals surface area contributed by atoms with E-state index in [0.29, 0.717) is 12.2 Å². The third kappa shape index (κ3) is 4.57. The minimum atomic E-state index is -0.649. The van der Waals surface area contributed by atoms with Gasteiger partial charge in [0.05, 0.1) is 6.10 Å². The summed E-state index contributed by atoms with van der Waals surface area (Å²) in [5, 5.41) is 15.3. The van der Waals surface area contributed by atoms with Gasteiger partial charge in [0.1, 0.15) is 0 Å². The van der Waals surface area contributed by atoms with Crippen LogP contribution in [-0.4, -0.2) is 23.5 Å². The van der Waals surface area contributed by atoms with Crippen molar-refractivity contribution in [2.24, 2.45) is 0 Å². The molecular formula is C21H26N2O3S. The molecule has 0 bridgehead atoms. The van der Waals surface area contributed by atoms with Crippen LogP contribution in [0.4, 0.5) is 5.69 Å². The van der Waals surface area contributed by atoms with Crippen molar-refractivity contribution < 1.29 is 14.7 Å². The molecule has 1 aliphatic rings. The zero-order valence-electron chi connectivity index (χ0n) is 15.7. The number of benzene rings is 1. The highest BCUT2D eigenvalue weighted by molar-refractivity contribution is 7.12. The summed E-state index contributed by atoms with van der Waals surface area (Å²) in [6, 6.07) is 11.4. The lowest BCUT2D eigenvalue weighted by atomic mass is 9.84. The fourth-order valence-corrected chi connectivity index (χ4v) is 4.85. The van der Waals surface area contributed by atoms with E-state index in [0.717, 1.165) is 36.1 Å². The number of rotatable bonds is 5. The van der Waals surface area contributed by atoms with E-state index in [9.17, 15) is 14.7 Å². The fraction of sp³-hybridized carbons (Fsp3) is 0.429. The number of aliphatic hydroxyl groups is 1. The Kier molecular flexibility index (Phi) is 5.97. The normalized spacial score (nSPS) is 16.7. The molecule has 1 aromatic carbocycles. The van der Waals surface area contributed by atoms with Crippen molar-refractivity contribution in [1.82, 2.24) is 5.32 Å². The molecule has 0 radical (unpaired) electrons. The first-order valence-electron chi connectivity index (χ1n) is 9.34. The van der Waals surface area contributed by atoms with Crippen LogP contribution >= 0.6 is 11.3 Å². The molecule has 1 aliphatic carbocycles. The largest absolute Gasteiger partial charge is 0.388 e. The molecule has 1 saturated carbocycles. The van der Waals surface area contributed by atoms with Crippen LogP contribution in [0.2, 0.25) is 0 Å². The summed E-state index contributed by atoms with van der Waals surface area (Å²) in [7, 11) is 0. The van der Waals surface area contributed by atoms with E-state index in [1.807, 2.05) is 31.2 Å². The Morgan fingerprint density at radius 1 is 1.19 bits per heavy atom. The Hall–Kier alpha value is -2.18. The molecule has 1 fully saturated rings. The van der Waals surface area contributed by atoms with E-state index in [4.69, 9.17) is 0 Å². The standard InChI is InChI=1S/C21H26N2O3S/c1-14-6-5-7-16(12-14)23-20(26)19(25)22-13-21(10-3-4-11-21)18-9-8-17(27-18)15(2)24/h5-9,12,15,24H,3-4,10-11,13H2,1-2H3,(H,22,25)(H,23,26)/t15-/m0/s1. The summed E-state index contributed by atoms with van der Waals surface area (Å²) < 4.78 is 0. The molecule has 1 heterocycles. The van der Waals surface area contributed by atoms with Crippen molar-refractivity contribution >= 4 is 28.8 Å². The number of nitrogens with one attached hydrogen (secondary N) is 2. The van der Waals surface area contributed by atoms with Gasteiger partial charge < -0.3 is 15.7 Å². The lowest BCUT2D eigenvalue weighted by Crippen LogP contribution is -2.43. The number of hydrogen-bond acceptors (Lipinski definition) is 4. The van der Waals surface area contributed by atoms with Crippen molar-refractivity contribution in [3.05, 3.63) is 51.7 Å². The average molecular weight is 387 g/mol. The highest BCUT2D eigenvalue weighted by Crippen LogP contribution is 2.44. The van der Waals surface area contributed by atoms with Gasteiger partial charge in [0.2, 0.25) is 0 Å². The van der Waals surface area contributed by atoms with Gasteiger partial charge in [-0.05, 0) is 56.5 Å². The quantitative estimate of drug-likeness (QED) is 0.686. The highest BCUT2D eigenvalue weighted by atomic mass is 32.1. The van der Waals surface area contributed by atoms with Gasteiger partial charge in [-0.3, -0.25) is 9.59 Å². The Bertz CT molecular complexity index is 822. The summed E-state index contributed by atoms with van der Waals surface area (Å²) in [6.45, 7) is 4.13. The first-order chi connectivity index (χ1) is 12.9. The van der Waals surface area contributed by atoms with E-state index >= 15 is 0 Å². The zero-order valence-corrected chi connectivity index (χ0v) is 16.6. The van der Waals surface area contributed by atoms with E-state index in [2.05, 4.69) is 16.7 Å². The topological polar surface area (TPSA) is 78.4 Å². The van der Waals surface area contributed by atoms with Crippen LogP contribution in [0, 0.1) is 6.92 Å². The maximum absolute atomic E-state index is 12.3. The van der Waals surface area contributed by atoms with Crippen LogP contribution in [0.15, 0.2) is 36.4 Å². The monoisotopic (exact) mass is 386 g/mol. The van der Waals surface area contributed by atoms with Crippen molar-refractivity contribution in [1.29, 1.82) is 0 Å². The van der Waals surface area contributed by atoms with Crippen LogP contribution in [0.25, 0.3) is 0 Å². The Morgan fingerprint density at radius 3 is 2.56 bits per heavy atom. The van der Waals surface area contributed by atoms with E-state index in [1.165, 1.54) is 4.88 Å². The van der Waals surface area contributed by atoms with Gasteiger partial charge in [0, 0.05) is 27.4 Å². The van der Waals surface area contributed by atoms with Crippen LogP contribution < -0.4 is 10.6 Å². The van der Waals surface area contributed by atoms with E-state index in [1.54, 1.807) is 24.3 Å². The van der Waals surface area contributed by atoms with Crippen LogP contribution in [0.3, 0.4) is 0 Å². The number of hydrogen-bond donors (Lipinski definition) is 3. The van der Waals surface area contributed by atoms with Gasteiger partial charge in [0.15, 0.2) is 0 Å². The van der Waals surface area contributed by atoms with Crippen molar-refractivity contribution in [3.8, 4) is 0 Å². The molecule has 3 N–H and O–H groups in total. The molecule has 2 amide bonds. The second-order valence-electron chi connectivity index (χ2n) is 7.37. The van der Waals surface area contributed by atoms with E-state index < -0.39 is 17.9 Å². The van der Waals surface area contributed by atoms with E-state index in [-0.39, 0.29) is 5.41 Å². The van der Waals surface area contributed by atoms with Gasteiger partial charge in [-0.25, -0.2) is 0 Å². The lowest BCUT2D eigenvalue weighted by molar-refractivity contribution is -0.136. The number of carbonyl (C=O) groups is 2. The molecule has 27 heavy (non-hydrogen) atoms. The molecule has 1 atom stereocenters. The molecule has 0 aliphatic heterocycles. The maximum atomic E-state index is 12.3. The Labute approximate surface area is 163 Å². The highest BCUT2D eigenvalue weighted by Gasteiger charge is 2.37. The molecule has 0 unspecified atom stereocenters. The van der Waals surface area contributed by atoms with Gasteiger partial charge in [-0.1, -0.05) is 25.0 Å². The van der Waals surface area contributed by atoms with Gasteiger partial charge in [-0.15, -0.1) is 11.3 Å². The number of aliphatic hydroxyl groups excluding tert-OH is 1. The third-order valence-electron chi connectivity index (χ3n) is 5.19. The molecule has 3 rings (SSSR count). The molecule has 6 heteroatoms. The van der Waals surface area contributed by atoms with Gasteiger partial charge >= 0.3 is 11.8 Å². The Balaban J connectivity index is 1.65. The molecule has 0 spiro atoms. The second-order valence-corrected chi connectivity index (χ2v) is 8.49. The Morgan fingerprint density at radius 2 is 1.93 bits per heavy atom. The summed E-state index contributed by atoms with van der Waals surface area (Å²) >= 11 is 1.60. The fourth-order valence-electron chi connectivity index (χ4n) is 3.66. The van der Waals surface area contributed by atoms with Crippen LogP contribution in [0.5, 0.6) is 0 Å². The minimum absolute atomic E-state index is 0.142. The van der Waals surface area contributed by atoms with Gasteiger partial charge in [-0.2, -0.15) is 0 Å². The first kappa shape index (κ1) is 19.6. The first-order valence-corrected chi connectivity index (χ1v) is 10.2. The molecule has 144 valence electrons. The minimum Gasteiger partial charge on any atom is -0.388 e. The van der Waals surface area contributed by atoms with Crippen molar-refractivity contribution in [2.75, 3.05) is 11.9 Å².